The number of Topliss-reactive ketones (excluding diaryl/α,β-unsaturated/α-hetero) is 1. The van der Waals surface area contributed by atoms with Crippen molar-refractivity contribution in [2.75, 3.05) is 17.8 Å². The number of sulfonamides is 1. The minimum Gasteiger partial charge on any atom is -0.484 e. The lowest BCUT2D eigenvalue weighted by Crippen LogP contribution is -2.45. The quantitative estimate of drug-likeness (QED) is 0.612. The Morgan fingerprint density at radius 1 is 1.03 bits per heavy atom. The van der Waals surface area contributed by atoms with Crippen molar-refractivity contribution in [1.82, 2.24) is 4.90 Å². The van der Waals surface area contributed by atoms with Crippen LogP contribution in [0.5, 0.6) is 5.75 Å². The largest absolute Gasteiger partial charge is 0.484 e. The van der Waals surface area contributed by atoms with Crippen LogP contribution < -0.4 is 9.46 Å². The molecule has 0 radical (unpaired) electrons. The first-order valence-electron chi connectivity index (χ1n) is 10.7. The SMILES string of the molecule is O=C1CC2(CCN(C(=O)c3ccc(NS(=O)(=O)c4cccc(F)c4)cc3)C2)Oc2ccccc21. The van der Waals surface area contributed by atoms with Gasteiger partial charge in [0.15, 0.2) is 5.78 Å². The van der Waals surface area contributed by atoms with Crippen LogP contribution in [0.2, 0.25) is 0 Å². The van der Waals surface area contributed by atoms with Gasteiger partial charge in [-0.3, -0.25) is 14.3 Å². The molecule has 1 spiro atoms. The van der Waals surface area contributed by atoms with Crippen LogP contribution in [-0.4, -0.2) is 43.7 Å². The van der Waals surface area contributed by atoms with Crippen molar-refractivity contribution in [1.29, 1.82) is 0 Å². The third-order valence-electron chi connectivity index (χ3n) is 6.09. The van der Waals surface area contributed by atoms with Crippen LogP contribution in [-0.2, 0) is 10.0 Å². The van der Waals surface area contributed by atoms with Crippen LogP contribution in [0.4, 0.5) is 10.1 Å². The highest BCUT2D eigenvalue weighted by molar-refractivity contribution is 7.92. The van der Waals surface area contributed by atoms with Crippen molar-refractivity contribution in [2.24, 2.45) is 0 Å². The van der Waals surface area contributed by atoms with Gasteiger partial charge in [-0.25, -0.2) is 12.8 Å². The van der Waals surface area contributed by atoms with Crippen LogP contribution in [0.15, 0.2) is 77.7 Å². The molecule has 7 nitrogen and oxygen atoms in total. The molecule has 2 heterocycles. The minimum absolute atomic E-state index is 0.00563. The Labute approximate surface area is 196 Å². The molecule has 34 heavy (non-hydrogen) atoms. The number of ether oxygens (including phenoxy) is 1. The zero-order valence-corrected chi connectivity index (χ0v) is 18.8. The predicted molar refractivity (Wildman–Crippen MR) is 123 cm³/mol. The fourth-order valence-electron chi connectivity index (χ4n) is 4.40. The number of carbonyl (C=O) groups is 2. The Kier molecular flexibility index (Phi) is 5.36. The Bertz CT molecular complexity index is 1390. The fraction of sp³-hybridized carbons (Fsp3) is 0.200. The molecule has 1 N–H and O–H groups in total. The first kappa shape index (κ1) is 22.1. The normalized spacial score (nSPS) is 19.6. The van der Waals surface area contributed by atoms with Gasteiger partial charge in [0.2, 0.25) is 0 Å². The number of amides is 1. The van der Waals surface area contributed by atoms with Gasteiger partial charge in [-0.2, -0.15) is 0 Å². The Hall–Kier alpha value is -3.72. The second kappa shape index (κ2) is 8.25. The van der Waals surface area contributed by atoms with Crippen LogP contribution in [0.1, 0.15) is 33.6 Å². The maximum Gasteiger partial charge on any atom is 0.261 e. The number of hydrogen-bond donors (Lipinski definition) is 1. The van der Waals surface area contributed by atoms with E-state index < -0.39 is 21.4 Å². The van der Waals surface area contributed by atoms with Gasteiger partial charge >= 0.3 is 0 Å². The molecule has 174 valence electrons. The lowest BCUT2D eigenvalue weighted by molar-refractivity contribution is 0.0428. The second-order valence-corrected chi connectivity index (χ2v) is 10.2. The van der Waals surface area contributed by atoms with Gasteiger partial charge < -0.3 is 9.64 Å². The van der Waals surface area contributed by atoms with Gasteiger partial charge in [0, 0.05) is 24.2 Å². The third kappa shape index (κ3) is 4.14. The van der Waals surface area contributed by atoms with Crippen LogP contribution in [0.25, 0.3) is 0 Å². The number of rotatable bonds is 4. The third-order valence-corrected chi connectivity index (χ3v) is 7.47. The van der Waals surface area contributed by atoms with Crippen LogP contribution >= 0.6 is 0 Å². The van der Waals surface area contributed by atoms with Crippen molar-refractivity contribution in [3.63, 3.8) is 0 Å². The standard InChI is InChI=1S/C25H21FN2O5S/c26-18-4-3-5-20(14-18)34(31,32)27-19-10-8-17(9-11-19)24(30)28-13-12-25(16-28)15-22(29)21-6-1-2-7-23(21)33-25/h1-11,14,27H,12-13,15-16H2. The molecule has 3 aromatic carbocycles. The van der Waals surface area contributed by atoms with Crippen molar-refractivity contribution in [2.45, 2.75) is 23.3 Å². The molecule has 1 amide bonds. The molecule has 0 saturated carbocycles. The Morgan fingerprint density at radius 3 is 2.56 bits per heavy atom. The number of ketones is 1. The van der Waals surface area contributed by atoms with Crippen LogP contribution in [0, 0.1) is 5.82 Å². The van der Waals surface area contributed by atoms with Gasteiger partial charge in [-0.15, -0.1) is 0 Å². The molecule has 3 aromatic rings. The van der Waals surface area contributed by atoms with E-state index in [1.54, 1.807) is 23.1 Å². The lowest BCUT2D eigenvalue weighted by atomic mass is 9.89. The van der Waals surface area contributed by atoms with E-state index in [9.17, 15) is 22.4 Å². The van der Waals surface area contributed by atoms with Crippen molar-refractivity contribution in [3.8, 4) is 5.75 Å². The molecule has 1 fully saturated rings. The van der Waals surface area contributed by atoms with Gasteiger partial charge in [0.1, 0.15) is 17.2 Å². The summed E-state index contributed by atoms with van der Waals surface area (Å²) in [5, 5.41) is 0. The van der Waals surface area contributed by atoms with E-state index in [4.69, 9.17) is 4.74 Å². The lowest BCUT2D eigenvalue weighted by Gasteiger charge is -2.34. The molecular formula is C25H21FN2O5S. The molecule has 0 aliphatic carbocycles. The highest BCUT2D eigenvalue weighted by Gasteiger charge is 2.47. The number of likely N-dealkylation sites (tertiary alicyclic amines) is 1. The molecule has 0 bridgehead atoms. The molecule has 2 aliphatic heterocycles. The molecule has 1 unspecified atom stereocenters. The van der Waals surface area contributed by atoms with E-state index in [0.29, 0.717) is 36.4 Å². The minimum atomic E-state index is -3.97. The van der Waals surface area contributed by atoms with Gasteiger partial charge in [-0.05, 0) is 54.6 Å². The summed E-state index contributed by atoms with van der Waals surface area (Å²) in [5.74, 6) is -0.334. The number of hydrogen-bond acceptors (Lipinski definition) is 5. The number of anilines is 1. The van der Waals surface area contributed by atoms with Gasteiger partial charge in [0.25, 0.3) is 15.9 Å². The summed E-state index contributed by atoms with van der Waals surface area (Å²) in [4.78, 5) is 27.1. The molecule has 5 rings (SSSR count). The monoisotopic (exact) mass is 480 g/mol. The fourth-order valence-corrected chi connectivity index (χ4v) is 5.49. The first-order valence-corrected chi connectivity index (χ1v) is 12.2. The highest BCUT2D eigenvalue weighted by atomic mass is 32.2. The number of halogens is 1. The topological polar surface area (TPSA) is 92.8 Å². The van der Waals surface area contributed by atoms with E-state index in [2.05, 4.69) is 4.72 Å². The maximum absolute atomic E-state index is 13.4. The van der Waals surface area contributed by atoms with Crippen molar-refractivity contribution in [3.05, 3.63) is 89.7 Å². The van der Waals surface area contributed by atoms with Crippen LogP contribution in [0.3, 0.4) is 0 Å². The summed E-state index contributed by atoms with van der Waals surface area (Å²) < 4.78 is 46.9. The summed E-state index contributed by atoms with van der Waals surface area (Å²) >= 11 is 0. The predicted octanol–water partition coefficient (Wildman–Crippen LogP) is 3.88. The summed E-state index contributed by atoms with van der Waals surface area (Å²) in [6.07, 6.45) is 0.763. The van der Waals surface area contributed by atoms with E-state index >= 15 is 0 Å². The summed E-state index contributed by atoms with van der Waals surface area (Å²) in [7, 11) is -3.97. The van der Waals surface area contributed by atoms with E-state index in [-0.39, 0.29) is 28.7 Å². The number of para-hydroxylation sites is 1. The first-order chi connectivity index (χ1) is 16.2. The number of nitrogens with zero attached hydrogens (tertiary/aromatic N) is 1. The van der Waals surface area contributed by atoms with Crippen molar-refractivity contribution >= 4 is 27.4 Å². The van der Waals surface area contributed by atoms with Gasteiger partial charge in [0.05, 0.1) is 23.4 Å². The summed E-state index contributed by atoms with van der Waals surface area (Å²) in [6, 6.07) is 17.8. The molecule has 0 aromatic heterocycles. The summed E-state index contributed by atoms with van der Waals surface area (Å²) in [6.45, 7) is 0.738. The number of fused-ring (bicyclic) bond motifs is 1. The number of carbonyl (C=O) groups excluding carboxylic acids is 2. The molecule has 1 atom stereocenters. The average molecular weight is 481 g/mol. The zero-order valence-electron chi connectivity index (χ0n) is 18.0. The van der Waals surface area contributed by atoms with E-state index in [1.807, 2.05) is 6.07 Å². The van der Waals surface area contributed by atoms with Gasteiger partial charge in [-0.1, -0.05) is 18.2 Å². The average Bonchev–Trinajstić information content (AvgIpc) is 3.21. The number of nitrogens with one attached hydrogen (secondary N) is 1. The zero-order chi connectivity index (χ0) is 23.9. The van der Waals surface area contributed by atoms with Crippen molar-refractivity contribution < 1.29 is 27.1 Å². The maximum atomic E-state index is 13.4. The van der Waals surface area contributed by atoms with E-state index in [1.165, 1.54) is 36.4 Å². The molecule has 9 heteroatoms. The Balaban J connectivity index is 1.28. The molecule has 1 saturated heterocycles. The highest BCUT2D eigenvalue weighted by Crippen LogP contribution is 2.39. The summed E-state index contributed by atoms with van der Waals surface area (Å²) in [5.41, 5.74) is 0.459. The smallest absolute Gasteiger partial charge is 0.261 e. The molecular weight excluding hydrogens is 459 g/mol. The Morgan fingerprint density at radius 2 is 1.79 bits per heavy atom. The second-order valence-electron chi connectivity index (χ2n) is 8.50. The number of benzene rings is 3. The molecule has 2 aliphatic rings. The van der Waals surface area contributed by atoms with E-state index in [0.717, 1.165) is 12.1 Å².